The molecule has 1 aliphatic heterocycles. The van der Waals surface area contributed by atoms with Gasteiger partial charge in [0.1, 0.15) is 0 Å². The number of aromatic nitrogens is 2. The van der Waals surface area contributed by atoms with Crippen LogP contribution in [0.1, 0.15) is 6.04 Å². The molecule has 0 bridgehead atoms. The Morgan fingerprint density at radius 2 is 2.50 bits per heavy atom. The Bertz CT molecular complexity index is 234. The van der Waals surface area contributed by atoms with Crippen molar-refractivity contribution in [3.05, 3.63) is 18.5 Å². The largest absolute Gasteiger partial charge is 0.378 e. The minimum atomic E-state index is 0.255. The van der Waals surface area contributed by atoms with Crippen LogP contribution in [0, 0.1) is 0 Å². The Balaban J connectivity index is 2.13. The number of hydrogen-bond donors (Lipinski definition) is 1. The number of nitrogens with zero attached hydrogens (tertiary/aromatic N) is 2. The lowest BCUT2D eigenvalue weighted by atomic mass is 10.2. The predicted molar refractivity (Wildman–Crippen MR) is 44.9 cm³/mol. The summed E-state index contributed by atoms with van der Waals surface area (Å²) in [6.45, 7) is 1.86. The Labute approximate surface area is 71.5 Å². The van der Waals surface area contributed by atoms with Crippen LogP contribution in [0.5, 0.6) is 0 Å². The van der Waals surface area contributed by atoms with Gasteiger partial charge in [0, 0.05) is 32.6 Å². The van der Waals surface area contributed by atoms with Crippen molar-refractivity contribution in [3.8, 4) is 0 Å². The van der Waals surface area contributed by atoms with Crippen LogP contribution in [0.25, 0.3) is 0 Å². The van der Waals surface area contributed by atoms with Crippen LogP contribution in [-0.2, 0) is 4.74 Å². The van der Waals surface area contributed by atoms with Gasteiger partial charge in [-0.2, -0.15) is 5.10 Å². The maximum absolute atomic E-state index is 5.32. The molecular weight excluding hydrogens is 154 g/mol. The van der Waals surface area contributed by atoms with Crippen LogP contribution in [0.2, 0.25) is 0 Å². The fraction of sp³-hybridized carbons (Fsp3) is 0.625. The molecular formula is C8H13N3O. The van der Waals surface area contributed by atoms with E-state index in [9.17, 15) is 0 Å². The number of rotatable bonds is 2. The van der Waals surface area contributed by atoms with Crippen LogP contribution in [-0.4, -0.2) is 36.1 Å². The van der Waals surface area contributed by atoms with Crippen molar-refractivity contribution in [2.75, 3.05) is 20.2 Å². The van der Waals surface area contributed by atoms with Gasteiger partial charge in [-0.25, -0.2) is 0 Å². The second kappa shape index (κ2) is 3.25. The molecule has 0 spiro atoms. The van der Waals surface area contributed by atoms with Crippen molar-refractivity contribution >= 4 is 0 Å². The Morgan fingerprint density at radius 1 is 1.58 bits per heavy atom. The number of nitrogens with one attached hydrogen (secondary N) is 1. The first kappa shape index (κ1) is 7.76. The van der Waals surface area contributed by atoms with Crippen LogP contribution < -0.4 is 5.32 Å². The summed E-state index contributed by atoms with van der Waals surface area (Å²) in [5, 5.41) is 7.47. The highest BCUT2D eigenvalue weighted by Crippen LogP contribution is 2.16. The molecule has 2 heterocycles. The fourth-order valence-electron chi connectivity index (χ4n) is 1.62. The number of methoxy groups -OCH3 is 1. The molecule has 1 aromatic rings. The van der Waals surface area contributed by atoms with Gasteiger partial charge in [0.25, 0.3) is 0 Å². The summed E-state index contributed by atoms with van der Waals surface area (Å²) in [5.74, 6) is 0. The lowest BCUT2D eigenvalue weighted by molar-refractivity contribution is 0.0826. The monoisotopic (exact) mass is 167 g/mol. The van der Waals surface area contributed by atoms with Gasteiger partial charge in [0.15, 0.2) is 0 Å². The SMILES string of the molecule is COC1CNCC1n1cccn1. The molecule has 66 valence electrons. The van der Waals surface area contributed by atoms with E-state index < -0.39 is 0 Å². The average Bonchev–Trinajstić information content (AvgIpc) is 2.74. The molecule has 0 saturated carbocycles. The molecule has 1 N–H and O–H groups in total. The van der Waals surface area contributed by atoms with Gasteiger partial charge >= 0.3 is 0 Å². The Morgan fingerprint density at radius 3 is 3.17 bits per heavy atom. The Kier molecular flexibility index (Phi) is 2.10. The fourth-order valence-corrected chi connectivity index (χ4v) is 1.62. The Hall–Kier alpha value is -0.870. The van der Waals surface area contributed by atoms with E-state index >= 15 is 0 Å². The van der Waals surface area contributed by atoms with Gasteiger partial charge in [-0.05, 0) is 6.07 Å². The van der Waals surface area contributed by atoms with Crippen LogP contribution in [0.4, 0.5) is 0 Å². The van der Waals surface area contributed by atoms with E-state index in [0.717, 1.165) is 13.1 Å². The van der Waals surface area contributed by atoms with E-state index in [1.54, 1.807) is 13.3 Å². The van der Waals surface area contributed by atoms with Gasteiger partial charge in [-0.15, -0.1) is 0 Å². The molecule has 12 heavy (non-hydrogen) atoms. The first-order chi connectivity index (χ1) is 5.92. The molecule has 0 aromatic carbocycles. The zero-order chi connectivity index (χ0) is 8.39. The maximum Gasteiger partial charge on any atom is 0.0931 e. The second-order valence-corrected chi connectivity index (χ2v) is 2.99. The first-order valence-electron chi connectivity index (χ1n) is 4.14. The van der Waals surface area contributed by atoms with Crippen LogP contribution >= 0.6 is 0 Å². The lowest BCUT2D eigenvalue weighted by Crippen LogP contribution is -2.24. The van der Waals surface area contributed by atoms with Crippen molar-refractivity contribution in [1.29, 1.82) is 0 Å². The highest BCUT2D eigenvalue weighted by Gasteiger charge is 2.28. The highest BCUT2D eigenvalue weighted by atomic mass is 16.5. The normalized spacial score (nSPS) is 29.4. The minimum Gasteiger partial charge on any atom is -0.378 e. The zero-order valence-electron chi connectivity index (χ0n) is 7.10. The topological polar surface area (TPSA) is 39.1 Å². The van der Waals surface area contributed by atoms with E-state index in [1.807, 2.05) is 16.9 Å². The molecule has 4 heteroatoms. The van der Waals surface area contributed by atoms with E-state index in [4.69, 9.17) is 4.74 Å². The van der Waals surface area contributed by atoms with Crippen LogP contribution in [0.15, 0.2) is 18.5 Å². The minimum absolute atomic E-state index is 0.255. The number of hydrogen-bond acceptors (Lipinski definition) is 3. The molecule has 0 aliphatic carbocycles. The van der Waals surface area contributed by atoms with Gasteiger partial charge < -0.3 is 10.1 Å². The smallest absolute Gasteiger partial charge is 0.0931 e. The summed E-state index contributed by atoms with van der Waals surface area (Å²) in [6, 6.07) is 2.29. The highest BCUT2D eigenvalue weighted by molar-refractivity contribution is 4.90. The molecule has 0 radical (unpaired) electrons. The van der Waals surface area contributed by atoms with Gasteiger partial charge in [-0.3, -0.25) is 4.68 Å². The maximum atomic E-state index is 5.32. The molecule has 2 unspecified atom stereocenters. The molecule has 1 aromatic heterocycles. The van der Waals surface area contributed by atoms with Crippen molar-refractivity contribution in [2.24, 2.45) is 0 Å². The summed E-state index contributed by atoms with van der Waals surface area (Å²) >= 11 is 0. The molecule has 2 atom stereocenters. The third-order valence-electron chi connectivity index (χ3n) is 2.30. The third kappa shape index (κ3) is 1.23. The van der Waals surface area contributed by atoms with E-state index in [1.165, 1.54) is 0 Å². The zero-order valence-corrected chi connectivity index (χ0v) is 7.10. The van der Waals surface area contributed by atoms with Crippen molar-refractivity contribution in [3.63, 3.8) is 0 Å². The first-order valence-corrected chi connectivity index (χ1v) is 4.14. The molecule has 4 nitrogen and oxygen atoms in total. The van der Waals surface area contributed by atoms with Crippen molar-refractivity contribution in [2.45, 2.75) is 12.1 Å². The molecule has 0 amide bonds. The average molecular weight is 167 g/mol. The van der Waals surface area contributed by atoms with E-state index in [-0.39, 0.29) is 6.10 Å². The summed E-state index contributed by atoms with van der Waals surface area (Å²) in [4.78, 5) is 0. The van der Waals surface area contributed by atoms with Crippen molar-refractivity contribution in [1.82, 2.24) is 15.1 Å². The lowest BCUT2D eigenvalue weighted by Gasteiger charge is -2.16. The van der Waals surface area contributed by atoms with Gasteiger partial charge in [-0.1, -0.05) is 0 Å². The summed E-state index contributed by atoms with van der Waals surface area (Å²) in [6.07, 6.45) is 4.03. The predicted octanol–water partition coefficient (Wildman–Crippen LogP) is 0.0424. The van der Waals surface area contributed by atoms with Crippen molar-refractivity contribution < 1.29 is 4.74 Å². The second-order valence-electron chi connectivity index (χ2n) is 2.99. The summed E-state index contributed by atoms with van der Waals surface area (Å²) < 4.78 is 7.28. The van der Waals surface area contributed by atoms with Gasteiger partial charge in [0.05, 0.1) is 12.1 Å². The third-order valence-corrected chi connectivity index (χ3v) is 2.30. The molecule has 1 fully saturated rings. The quantitative estimate of drug-likeness (QED) is 0.676. The summed E-state index contributed by atoms with van der Waals surface area (Å²) in [5.41, 5.74) is 0. The molecule has 1 saturated heterocycles. The van der Waals surface area contributed by atoms with Crippen LogP contribution in [0.3, 0.4) is 0 Å². The van der Waals surface area contributed by atoms with Gasteiger partial charge in [0.2, 0.25) is 0 Å². The van der Waals surface area contributed by atoms with E-state index in [0.29, 0.717) is 6.04 Å². The van der Waals surface area contributed by atoms with E-state index in [2.05, 4.69) is 10.4 Å². The molecule has 2 rings (SSSR count). The molecule has 1 aliphatic rings. The standard InChI is InChI=1S/C8H13N3O/c1-12-8-6-9-5-7(8)11-4-2-3-10-11/h2-4,7-9H,5-6H2,1H3. The summed E-state index contributed by atoms with van der Waals surface area (Å²) in [7, 11) is 1.74. The number of ether oxygens (including phenoxy) is 1.